The van der Waals surface area contributed by atoms with Gasteiger partial charge in [-0.2, -0.15) is 13.2 Å². The Morgan fingerprint density at radius 3 is 2.25 bits per heavy atom. The fourth-order valence-electron chi connectivity index (χ4n) is 2.17. The van der Waals surface area contributed by atoms with Crippen LogP contribution in [0.3, 0.4) is 0 Å². The van der Waals surface area contributed by atoms with Crippen LogP contribution in [0.25, 0.3) is 0 Å². The summed E-state index contributed by atoms with van der Waals surface area (Å²) >= 11 is 0. The average Bonchev–Trinajstić information content (AvgIpc) is 2.59. The maximum Gasteiger partial charge on any atom is 0.416 e. The summed E-state index contributed by atoms with van der Waals surface area (Å²) in [6.07, 6.45) is -3.20. The van der Waals surface area contributed by atoms with E-state index in [0.717, 1.165) is 30.3 Å². The molecule has 0 aliphatic carbocycles. The van der Waals surface area contributed by atoms with Crippen LogP contribution in [0.1, 0.15) is 15.9 Å². The monoisotopic (exact) mass is 394 g/mol. The number of hydrogen-bond acceptors (Lipinski definition) is 4. The van der Waals surface area contributed by atoms with Gasteiger partial charge in [0, 0.05) is 23.5 Å². The predicted molar refractivity (Wildman–Crippen MR) is 93.5 cm³/mol. The fraction of sp³-hybridized carbons (Fsp3) is 0.0556. The molecule has 10 heteroatoms. The zero-order valence-corrected chi connectivity index (χ0v) is 13.9. The minimum atomic E-state index is -4.57. The normalized spacial score (nSPS) is 11.2. The molecular formula is C18H13F3N2O5. The van der Waals surface area contributed by atoms with Crippen LogP contribution in [-0.4, -0.2) is 28.1 Å². The zero-order chi connectivity index (χ0) is 20.9. The summed E-state index contributed by atoms with van der Waals surface area (Å²) in [5.74, 6) is -3.45. The van der Waals surface area contributed by atoms with E-state index in [1.54, 1.807) is 0 Å². The van der Waals surface area contributed by atoms with Crippen molar-refractivity contribution in [1.29, 1.82) is 0 Å². The summed E-state index contributed by atoms with van der Waals surface area (Å²) in [4.78, 5) is 33.4. The van der Waals surface area contributed by atoms with Crippen molar-refractivity contribution in [1.82, 2.24) is 0 Å². The number of aliphatic carboxylic acids is 1. The van der Waals surface area contributed by atoms with Gasteiger partial charge < -0.3 is 20.8 Å². The van der Waals surface area contributed by atoms with Crippen LogP contribution in [0.4, 0.5) is 30.2 Å². The number of carbonyl (C=O) groups excluding carboxylic acids is 1. The molecule has 0 saturated carbocycles. The molecule has 0 saturated heterocycles. The molecule has 7 nitrogen and oxygen atoms in total. The Balaban J connectivity index is 2.33. The SMILES string of the molecule is O=C(O)/C=C/C(=O)Nc1ccc(C(=O)O)c(Nc2cccc(C(F)(F)F)c2)c1. The second kappa shape index (κ2) is 8.25. The first-order chi connectivity index (χ1) is 13.1. The van der Waals surface area contributed by atoms with Crippen molar-refractivity contribution in [3.8, 4) is 0 Å². The molecule has 2 aromatic rings. The fourth-order valence-corrected chi connectivity index (χ4v) is 2.17. The average molecular weight is 394 g/mol. The van der Waals surface area contributed by atoms with Crippen LogP contribution in [0, 0.1) is 0 Å². The minimum Gasteiger partial charge on any atom is -0.478 e. The largest absolute Gasteiger partial charge is 0.478 e. The van der Waals surface area contributed by atoms with Crippen molar-refractivity contribution in [2.24, 2.45) is 0 Å². The molecule has 0 aliphatic rings. The molecule has 0 spiro atoms. The summed E-state index contributed by atoms with van der Waals surface area (Å²) in [5.41, 5.74) is -1.12. The van der Waals surface area contributed by atoms with Gasteiger partial charge in [0.25, 0.3) is 0 Å². The van der Waals surface area contributed by atoms with Crippen LogP contribution in [0.5, 0.6) is 0 Å². The number of hydrogen-bond donors (Lipinski definition) is 4. The third-order valence-electron chi connectivity index (χ3n) is 3.36. The number of benzene rings is 2. The van der Waals surface area contributed by atoms with E-state index in [4.69, 9.17) is 5.11 Å². The topological polar surface area (TPSA) is 116 Å². The summed E-state index contributed by atoms with van der Waals surface area (Å²) < 4.78 is 38.5. The number of carboxylic acid groups (broad SMARTS) is 2. The molecule has 2 rings (SSSR count). The summed E-state index contributed by atoms with van der Waals surface area (Å²) in [6.45, 7) is 0. The lowest BCUT2D eigenvalue weighted by Crippen LogP contribution is -2.10. The lowest BCUT2D eigenvalue weighted by molar-refractivity contribution is -0.137. The third-order valence-corrected chi connectivity index (χ3v) is 3.36. The highest BCUT2D eigenvalue weighted by Gasteiger charge is 2.30. The molecule has 0 unspecified atom stereocenters. The van der Waals surface area contributed by atoms with E-state index in [1.807, 2.05) is 0 Å². The van der Waals surface area contributed by atoms with Crippen molar-refractivity contribution in [3.05, 3.63) is 65.7 Å². The second-order valence-corrected chi connectivity index (χ2v) is 5.43. The molecule has 0 heterocycles. The number of alkyl halides is 3. The number of amides is 1. The molecule has 0 atom stereocenters. The summed E-state index contributed by atoms with van der Waals surface area (Å²) in [7, 11) is 0. The number of carboxylic acids is 2. The van der Waals surface area contributed by atoms with Crippen LogP contribution < -0.4 is 10.6 Å². The number of aromatic carboxylic acids is 1. The maximum absolute atomic E-state index is 12.8. The highest BCUT2D eigenvalue weighted by Crippen LogP contribution is 2.32. The summed E-state index contributed by atoms with van der Waals surface area (Å²) in [5, 5.41) is 22.7. The van der Waals surface area contributed by atoms with E-state index in [1.165, 1.54) is 18.2 Å². The van der Waals surface area contributed by atoms with Gasteiger partial charge in [-0.05, 0) is 36.4 Å². The Morgan fingerprint density at radius 2 is 1.64 bits per heavy atom. The van der Waals surface area contributed by atoms with Gasteiger partial charge >= 0.3 is 18.1 Å². The Morgan fingerprint density at radius 1 is 0.929 bits per heavy atom. The third kappa shape index (κ3) is 5.59. The van der Waals surface area contributed by atoms with Crippen molar-refractivity contribution in [2.75, 3.05) is 10.6 Å². The molecule has 0 aromatic heterocycles. The highest BCUT2D eigenvalue weighted by molar-refractivity contribution is 6.03. The Bertz CT molecular complexity index is 954. The van der Waals surface area contributed by atoms with Gasteiger partial charge in [0.15, 0.2) is 0 Å². The Labute approximate surface area is 156 Å². The van der Waals surface area contributed by atoms with Crippen LogP contribution in [0.2, 0.25) is 0 Å². The van der Waals surface area contributed by atoms with E-state index in [0.29, 0.717) is 6.08 Å². The van der Waals surface area contributed by atoms with Gasteiger partial charge in [-0.3, -0.25) is 4.79 Å². The first kappa shape index (κ1) is 20.5. The second-order valence-electron chi connectivity index (χ2n) is 5.43. The first-order valence-electron chi connectivity index (χ1n) is 7.60. The molecule has 0 bridgehead atoms. The lowest BCUT2D eigenvalue weighted by Gasteiger charge is -2.14. The Kier molecular flexibility index (Phi) is 6.04. The van der Waals surface area contributed by atoms with Gasteiger partial charge in [-0.15, -0.1) is 0 Å². The number of nitrogens with one attached hydrogen (secondary N) is 2. The molecule has 0 aliphatic heterocycles. The van der Waals surface area contributed by atoms with Gasteiger partial charge in [-0.1, -0.05) is 6.07 Å². The molecule has 28 heavy (non-hydrogen) atoms. The number of carbonyl (C=O) groups is 3. The van der Waals surface area contributed by atoms with Crippen LogP contribution in [0.15, 0.2) is 54.6 Å². The molecular weight excluding hydrogens is 381 g/mol. The van der Waals surface area contributed by atoms with Gasteiger partial charge in [0.2, 0.25) is 5.91 Å². The standard InChI is InChI=1S/C18H13F3N2O5/c19-18(20,21)10-2-1-3-11(8-10)22-14-9-12(4-5-13(14)17(27)28)23-15(24)6-7-16(25)26/h1-9,22H,(H,23,24)(H,25,26)(H,27,28)/b7-6+. The quantitative estimate of drug-likeness (QED) is 0.555. The minimum absolute atomic E-state index is 0.00780. The smallest absolute Gasteiger partial charge is 0.416 e. The van der Waals surface area contributed by atoms with Crippen molar-refractivity contribution in [3.63, 3.8) is 0 Å². The maximum atomic E-state index is 12.8. The van der Waals surface area contributed by atoms with E-state index in [2.05, 4.69) is 10.6 Å². The van der Waals surface area contributed by atoms with E-state index >= 15 is 0 Å². The number of anilines is 3. The van der Waals surface area contributed by atoms with Crippen LogP contribution >= 0.6 is 0 Å². The predicted octanol–water partition coefficient (Wildman–Crippen LogP) is 3.73. The Hall–Kier alpha value is -3.82. The lowest BCUT2D eigenvalue weighted by atomic mass is 10.1. The molecule has 2 aromatic carbocycles. The van der Waals surface area contributed by atoms with Gasteiger partial charge in [-0.25, -0.2) is 9.59 Å². The zero-order valence-electron chi connectivity index (χ0n) is 13.9. The molecule has 146 valence electrons. The highest BCUT2D eigenvalue weighted by atomic mass is 19.4. The van der Waals surface area contributed by atoms with E-state index < -0.39 is 29.6 Å². The van der Waals surface area contributed by atoms with E-state index in [-0.39, 0.29) is 22.6 Å². The van der Waals surface area contributed by atoms with E-state index in [9.17, 15) is 32.7 Å². The molecule has 1 amide bonds. The van der Waals surface area contributed by atoms with Crippen LogP contribution in [-0.2, 0) is 15.8 Å². The van der Waals surface area contributed by atoms with Crippen molar-refractivity contribution < 1.29 is 37.8 Å². The molecule has 4 N–H and O–H groups in total. The first-order valence-corrected chi connectivity index (χ1v) is 7.60. The van der Waals surface area contributed by atoms with Crippen molar-refractivity contribution >= 4 is 34.9 Å². The summed E-state index contributed by atoms with van der Waals surface area (Å²) in [6, 6.07) is 7.77. The van der Waals surface area contributed by atoms with Crippen molar-refractivity contribution in [2.45, 2.75) is 6.18 Å². The van der Waals surface area contributed by atoms with Gasteiger partial charge in [0.05, 0.1) is 16.8 Å². The number of halogens is 3. The molecule has 0 fully saturated rings. The molecule has 0 radical (unpaired) electrons. The van der Waals surface area contributed by atoms with Gasteiger partial charge in [0.1, 0.15) is 0 Å². The number of rotatable bonds is 6.